The number of nitrogens with one attached hydrogen (secondary N) is 1. The van der Waals surface area contributed by atoms with E-state index in [4.69, 9.17) is 14.6 Å². The molecule has 0 unspecified atom stereocenters. The molecule has 0 aliphatic carbocycles. The lowest BCUT2D eigenvalue weighted by molar-refractivity contribution is -0.137. The fourth-order valence-electron chi connectivity index (χ4n) is 2.72. The predicted octanol–water partition coefficient (Wildman–Crippen LogP) is 3.27. The minimum atomic E-state index is -0.794. The SMILES string of the molecule is COc1ccc(CC[C@H](CC(=O)O)NCc2ccccc2)cc1OC. The summed E-state index contributed by atoms with van der Waals surface area (Å²) < 4.78 is 10.6. The molecule has 0 bridgehead atoms. The number of methoxy groups -OCH3 is 2. The van der Waals surface area contributed by atoms with Crippen LogP contribution in [-0.2, 0) is 17.8 Å². The Hall–Kier alpha value is -2.53. The molecule has 0 aliphatic heterocycles. The molecule has 2 aromatic rings. The van der Waals surface area contributed by atoms with Gasteiger partial charge < -0.3 is 19.9 Å². The highest BCUT2D eigenvalue weighted by Gasteiger charge is 2.14. The van der Waals surface area contributed by atoms with Crippen LogP contribution in [0.1, 0.15) is 24.0 Å². The molecule has 0 amide bonds. The Balaban J connectivity index is 1.96. The fraction of sp³-hybridized carbons (Fsp3) is 0.350. The largest absolute Gasteiger partial charge is 0.493 e. The second-order valence-corrected chi connectivity index (χ2v) is 5.89. The third kappa shape index (κ3) is 6.12. The van der Waals surface area contributed by atoms with Crippen LogP contribution in [0.25, 0.3) is 0 Å². The summed E-state index contributed by atoms with van der Waals surface area (Å²) in [7, 11) is 3.21. The van der Waals surface area contributed by atoms with Gasteiger partial charge in [0, 0.05) is 12.6 Å². The third-order valence-corrected chi connectivity index (χ3v) is 4.09. The van der Waals surface area contributed by atoms with E-state index in [0.717, 1.165) is 24.0 Å². The summed E-state index contributed by atoms with van der Waals surface area (Å²) >= 11 is 0. The summed E-state index contributed by atoms with van der Waals surface area (Å²) in [5.74, 6) is 0.584. The van der Waals surface area contributed by atoms with Crippen molar-refractivity contribution < 1.29 is 19.4 Å². The molecule has 1 atom stereocenters. The van der Waals surface area contributed by atoms with Gasteiger partial charge in [-0.3, -0.25) is 4.79 Å². The van der Waals surface area contributed by atoms with Crippen molar-refractivity contribution in [3.8, 4) is 11.5 Å². The van der Waals surface area contributed by atoms with Crippen LogP contribution in [0.3, 0.4) is 0 Å². The van der Waals surface area contributed by atoms with Crippen LogP contribution < -0.4 is 14.8 Å². The van der Waals surface area contributed by atoms with Crippen molar-refractivity contribution in [3.63, 3.8) is 0 Å². The van der Waals surface area contributed by atoms with E-state index in [1.165, 1.54) is 0 Å². The molecule has 5 nitrogen and oxygen atoms in total. The highest BCUT2D eigenvalue weighted by molar-refractivity contribution is 5.67. The minimum Gasteiger partial charge on any atom is -0.493 e. The van der Waals surface area contributed by atoms with Gasteiger partial charge >= 0.3 is 5.97 Å². The lowest BCUT2D eigenvalue weighted by Crippen LogP contribution is -2.31. The van der Waals surface area contributed by atoms with Crippen molar-refractivity contribution in [2.24, 2.45) is 0 Å². The quantitative estimate of drug-likeness (QED) is 0.693. The molecule has 0 aromatic heterocycles. The van der Waals surface area contributed by atoms with E-state index >= 15 is 0 Å². The van der Waals surface area contributed by atoms with Gasteiger partial charge in [0.15, 0.2) is 11.5 Å². The molecule has 0 aliphatic rings. The number of carbonyl (C=O) groups is 1. The molecule has 2 N–H and O–H groups in total. The summed E-state index contributed by atoms with van der Waals surface area (Å²) in [5.41, 5.74) is 2.23. The molecule has 2 aromatic carbocycles. The number of ether oxygens (including phenoxy) is 2. The maximum atomic E-state index is 11.1. The standard InChI is InChI=1S/C20H25NO4/c1-24-18-11-9-15(12-19(18)25-2)8-10-17(13-20(22)23)21-14-16-6-4-3-5-7-16/h3-7,9,11-12,17,21H,8,10,13-14H2,1-2H3,(H,22,23)/t17-/m1/s1. The van der Waals surface area contributed by atoms with Gasteiger partial charge in [-0.05, 0) is 36.1 Å². The van der Waals surface area contributed by atoms with Crippen molar-refractivity contribution in [2.75, 3.05) is 14.2 Å². The highest BCUT2D eigenvalue weighted by atomic mass is 16.5. The van der Waals surface area contributed by atoms with E-state index in [-0.39, 0.29) is 12.5 Å². The van der Waals surface area contributed by atoms with E-state index in [2.05, 4.69) is 5.32 Å². The first-order chi connectivity index (χ1) is 12.1. The number of aliphatic carboxylic acids is 1. The normalized spacial score (nSPS) is 11.8. The second kappa shape index (κ2) is 9.69. The fourth-order valence-corrected chi connectivity index (χ4v) is 2.72. The Morgan fingerprint density at radius 3 is 2.40 bits per heavy atom. The number of aryl methyl sites for hydroxylation is 1. The van der Waals surface area contributed by atoms with Crippen LogP contribution >= 0.6 is 0 Å². The number of hydrogen-bond acceptors (Lipinski definition) is 4. The van der Waals surface area contributed by atoms with Gasteiger partial charge in [0.05, 0.1) is 20.6 Å². The smallest absolute Gasteiger partial charge is 0.304 e. The molecule has 0 spiro atoms. The summed E-state index contributed by atoms with van der Waals surface area (Å²) in [6.07, 6.45) is 1.59. The highest BCUT2D eigenvalue weighted by Crippen LogP contribution is 2.28. The molecular weight excluding hydrogens is 318 g/mol. The van der Waals surface area contributed by atoms with E-state index in [1.807, 2.05) is 48.5 Å². The van der Waals surface area contributed by atoms with Crippen LogP contribution in [0, 0.1) is 0 Å². The average molecular weight is 343 g/mol. The Morgan fingerprint density at radius 1 is 1.04 bits per heavy atom. The Kier molecular flexibility index (Phi) is 7.29. The van der Waals surface area contributed by atoms with Crippen molar-refractivity contribution in [3.05, 3.63) is 59.7 Å². The van der Waals surface area contributed by atoms with E-state index in [1.54, 1.807) is 14.2 Å². The molecule has 2 rings (SSSR count). The molecule has 5 heteroatoms. The monoisotopic (exact) mass is 343 g/mol. The molecule has 0 saturated carbocycles. The van der Waals surface area contributed by atoms with Gasteiger partial charge in [-0.1, -0.05) is 36.4 Å². The van der Waals surface area contributed by atoms with Crippen molar-refractivity contribution >= 4 is 5.97 Å². The first-order valence-electron chi connectivity index (χ1n) is 8.32. The van der Waals surface area contributed by atoms with Crippen molar-refractivity contribution in [2.45, 2.75) is 31.8 Å². The first kappa shape index (κ1) is 18.8. The molecule has 25 heavy (non-hydrogen) atoms. The van der Waals surface area contributed by atoms with Crippen LogP contribution in [0.15, 0.2) is 48.5 Å². The van der Waals surface area contributed by atoms with Gasteiger partial charge in [-0.15, -0.1) is 0 Å². The van der Waals surface area contributed by atoms with Crippen LogP contribution in [-0.4, -0.2) is 31.3 Å². The summed E-state index contributed by atoms with van der Waals surface area (Å²) in [6.45, 7) is 0.657. The van der Waals surface area contributed by atoms with Gasteiger partial charge in [0.1, 0.15) is 0 Å². The van der Waals surface area contributed by atoms with E-state index in [9.17, 15) is 4.79 Å². The number of carboxylic acids is 1. The topological polar surface area (TPSA) is 67.8 Å². The second-order valence-electron chi connectivity index (χ2n) is 5.89. The molecule has 0 heterocycles. The van der Waals surface area contributed by atoms with Crippen LogP contribution in [0.5, 0.6) is 11.5 Å². The average Bonchev–Trinajstić information content (AvgIpc) is 2.64. The maximum Gasteiger partial charge on any atom is 0.304 e. The summed E-state index contributed by atoms with van der Waals surface area (Å²) in [4.78, 5) is 11.1. The van der Waals surface area contributed by atoms with Crippen LogP contribution in [0.2, 0.25) is 0 Å². The van der Waals surface area contributed by atoms with Gasteiger partial charge in [-0.25, -0.2) is 0 Å². The molecule has 134 valence electrons. The van der Waals surface area contributed by atoms with E-state index < -0.39 is 5.97 Å². The zero-order valence-corrected chi connectivity index (χ0v) is 14.7. The first-order valence-corrected chi connectivity index (χ1v) is 8.32. The van der Waals surface area contributed by atoms with Gasteiger partial charge in [-0.2, -0.15) is 0 Å². The van der Waals surface area contributed by atoms with Gasteiger partial charge in [0.2, 0.25) is 0 Å². The Labute approximate surface area is 148 Å². The summed E-state index contributed by atoms with van der Waals surface area (Å²) in [5, 5.41) is 12.5. The van der Waals surface area contributed by atoms with Crippen molar-refractivity contribution in [1.29, 1.82) is 0 Å². The number of benzene rings is 2. The lowest BCUT2D eigenvalue weighted by atomic mass is 10.0. The number of hydrogen-bond donors (Lipinski definition) is 2. The number of carboxylic acid groups (broad SMARTS) is 1. The molecule has 0 radical (unpaired) electrons. The lowest BCUT2D eigenvalue weighted by Gasteiger charge is -2.17. The van der Waals surface area contributed by atoms with E-state index in [0.29, 0.717) is 18.0 Å². The zero-order chi connectivity index (χ0) is 18.1. The van der Waals surface area contributed by atoms with Crippen molar-refractivity contribution in [1.82, 2.24) is 5.32 Å². The molecule has 0 saturated heterocycles. The minimum absolute atomic E-state index is 0.0918. The molecule has 0 fully saturated rings. The summed E-state index contributed by atoms with van der Waals surface area (Å²) in [6, 6.07) is 15.7. The predicted molar refractivity (Wildman–Crippen MR) is 97.2 cm³/mol. The van der Waals surface area contributed by atoms with Gasteiger partial charge in [0.25, 0.3) is 0 Å². The zero-order valence-electron chi connectivity index (χ0n) is 14.7. The molecular formula is C20H25NO4. The Morgan fingerprint density at radius 2 is 1.76 bits per heavy atom. The van der Waals surface area contributed by atoms with Crippen LogP contribution in [0.4, 0.5) is 0 Å². The number of rotatable bonds is 10. The maximum absolute atomic E-state index is 11.1. The third-order valence-electron chi connectivity index (χ3n) is 4.09. The Bertz CT molecular complexity index is 673.